The summed E-state index contributed by atoms with van der Waals surface area (Å²) in [5.74, 6) is 2.53. The highest BCUT2D eigenvalue weighted by atomic mass is 32.2. The Morgan fingerprint density at radius 1 is 1.15 bits per heavy atom. The van der Waals surface area contributed by atoms with Crippen LogP contribution in [0.5, 0.6) is 0 Å². The van der Waals surface area contributed by atoms with E-state index in [2.05, 4.69) is 0 Å². The summed E-state index contributed by atoms with van der Waals surface area (Å²) in [5.41, 5.74) is 0.392. The van der Waals surface area contributed by atoms with Crippen LogP contribution in [-0.4, -0.2) is 55.3 Å². The first kappa shape index (κ1) is 20.4. The van der Waals surface area contributed by atoms with Gasteiger partial charge in [-0.05, 0) is 42.6 Å². The Morgan fingerprint density at radius 3 is 2.52 bits per heavy atom. The summed E-state index contributed by atoms with van der Waals surface area (Å²) in [6.07, 6.45) is 1.96. The SMILES string of the molecule is C[C@@H]1C[C@H](C)CN(S(=O)(=O)c2ccc(N3CCCSCC3)c([N+](=O)[O-])c2)C1. The molecule has 2 aliphatic rings. The molecule has 0 N–H and O–H groups in total. The molecule has 2 atom stereocenters. The Balaban J connectivity index is 1.94. The predicted molar refractivity (Wildman–Crippen MR) is 109 cm³/mol. The average Bonchev–Trinajstić information content (AvgIpc) is 2.89. The number of thioether (sulfide) groups is 1. The highest BCUT2D eigenvalue weighted by Crippen LogP contribution is 2.34. The lowest BCUT2D eigenvalue weighted by molar-refractivity contribution is -0.384. The lowest BCUT2D eigenvalue weighted by Gasteiger charge is -2.34. The number of anilines is 1. The lowest BCUT2D eigenvalue weighted by Crippen LogP contribution is -2.42. The summed E-state index contributed by atoms with van der Waals surface area (Å²) >= 11 is 1.84. The zero-order valence-corrected chi connectivity index (χ0v) is 17.5. The van der Waals surface area contributed by atoms with Gasteiger partial charge in [-0.2, -0.15) is 16.1 Å². The van der Waals surface area contributed by atoms with Gasteiger partial charge < -0.3 is 4.90 Å². The van der Waals surface area contributed by atoms with Gasteiger partial charge in [0.05, 0.1) is 9.82 Å². The van der Waals surface area contributed by atoms with Crippen molar-refractivity contribution in [1.29, 1.82) is 0 Å². The van der Waals surface area contributed by atoms with Gasteiger partial charge in [-0.15, -0.1) is 0 Å². The largest absolute Gasteiger partial charge is 0.365 e. The van der Waals surface area contributed by atoms with E-state index in [4.69, 9.17) is 0 Å². The molecule has 0 saturated carbocycles. The van der Waals surface area contributed by atoms with Gasteiger partial charge in [0.15, 0.2) is 0 Å². The van der Waals surface area contributed by atoms with E-state index < -0.39 is 14.9 Å². The summed E-state index contributed by atoms with van der Waals surface area (Å²) in [4.78, 5) is 13.2. The fraction of sp³-hybridized carbons (Fsp3) is 0.667. The van der Waals surface area contributed by atoms with E-state index in [-0.39, 0.29) is 22.4 Å². The maximum absolute atomic E-state index is 13.1. The molecular formula is C18H27N3O4S2. The molecule has 27 heavy (non-hydrogen) atoms. The minimum absolute atomic E-state index is 0.0171. The number of nitro benzene ring substituents is 1. The summed E-state index contributed by atoms with van der Waals surface area (Å²) in [6, 6.07) is 4.38. The Kier molecular flexibility index (Phi) is 6.32. The minimum Gasteiger partial charge on any atom is -0.365 e. The molecule has 0 aliphatic carbocycles. The number of hydrogen-bond donors (Lipinski definition) is 0. The van der Waals surface area contributed by atoms with Gasteiger partial charge in [0, 0.05) is 38.0 Å². The molecule has 7 nitrogen and oxygen atoms in total. The van der Waals surface area contributed by atoms with E-state index >= 15 is 0 Å². The molecule has 2 aliphatic heterocycles. The fourth-order valence-corrected chi connectivity index (χ4v) is 6.60. The topological polar surface area (TPSA) is 83.8 Å². The van der Waals surface area contributed by atoms with Gasteiger partial charge in [-0.1, -0.05) is 13.8 Å². The number of benzene rings is 1. The van der Waals surface area contributed by atoms with E-state index in [0.717, 1.165) is 37.4 Å². The Hall–Kier alpha value is -1.32. The predicted octanol–water partition coefficient (Wildman–Crippen LogP) is 3.20. The highest BCUT2D eigenvalue weighted by Gasteiger charge is 2.33. The molecule has 9 heteroatoms. The smallest absolute Gasteiger partial charge is 0.293 e. The quantitative estimate of drug-likeness (QED) is 0.557. The molecule has 0 bridgehead atoms. The Labute approximate surface area is 165 Å². The molecule has 0 radical (unpaired) electrons. The molecule has 0 spiro atoms. The van der Waals surface area contributed by atoms with Crippen LogP contribution < -0.4 is 4.90 Å². The molecule has 150 valence electrons. The summed E-state index contributed by atoms with van der Waals surface area (Å²) < 4.78 is 27.6. The number of piperidine rings is 1. The van der Waals surface area contributed by atoms with E-state index in [9.17, 15) is 18.5 Å². The molecule has 1 aromatic carbocycles. The maximum atomic E-state index is 13.1. The maximum Gasteiger partial charge on any atom is 0.293 e. The monoisotopic (exact) mass is 413 g/mol. The van der Waals surface area contributed by atoms with Gasteiger partial charge in [-0.3, -0.25) is 10.1 Å². The van der Waals surface area contributed by atoms with Gasteiger partial charge in [-0.25, -0.2) is 8.42 Å². The summed E-state index contributed by atoms with van der Waals surface area (Å²) in [6.45, 7) is 6.50. The molecule has 0 aromatic heterocycles. The van der Waals surface area contributed by atoms with Crippen LogP contribution in [0.15, 0.2) is 23.1 Å². The van der Waals surface area contributed by atoms with Crippen LogP contribution in [0.4, 0.5) is 11.4 Å². The van der Waals surface area contributed by atoms with Crippen LogP contribution in [0.3, 0.4) is 0 Å². The van der Waals surface area contributed by atoms with Crippen LogP contribution in [0.2, 0.25) is 0 Å². The number of rotatable bonds is 4. The molecule has 2 saturated heterocycles. The van der Waals surface area contributed by atoms with Crippen LogP contribution >= 0.6 is 11.8 Å². The van der Waals surface area contributed by atoms with Crippen molar-refractivity contribution in [2.24, 2.45) is 11.8 Å². The molecule has 1 aromatic rings. The van der Waals surface area contributed by atoms with Gasteiger partial charge in [0.25, 0.3) is 5.69 Å². The lowest BCUT2D eigenvalue weighted by atomic mass is 9.94. The fourth-order valence-electron chi connectivity index (χ4n) is 4.02. The average molecular weight is 414 g/mol. The molecule has 3 rings (SSSR count). The first-order valence-electron chi connectivity index (χ1n) is 9.40. The summed E-state index contributed by atoms with van der Waals surface area (Å²) in [5, 5.41) is 11.7. The summed E-state index contributed by atoms with van der Waals surface area (Å²) in [7, 11) is -3.73. The third-order valence-corrected chi connectivity index (χ3v) is 8.06. The molecule has 0 amide bonds. The van der Waals surface area contributed by atoms with Gasteiger partial charge in [0.2, 0.25) is 10.0 Å². The van der Waals surface area contributed by atoms with Gasteiger partial charge in [0.1, 0.15) is 5.69 Å². The van der Waals surface area contributed by atoms with Crippen LogP contribution in [0, 0.1) is 22.0 Å². The second kappa shape index (κ2) is 8.36. The second-order valence-electron chi connectivity index (χ2n) is 7.63. The minimum atomic E-state index is -3.73. The van der Waals surface area contributed by atoms with Crippen LogP contribution in [-0.2, 0) is 10.0 Å². The zero-order valence-electron chi connectivity index (χ0n) is 15.8. The Bertz CT molecular complexity index is 782. The Morgan fingerprint density at radius 2 is 1.85 bits per heavy atom. The number of hydrogen-bond acceptors (Lipinski definition) is 6. The molecule has 0 unspecified atom stereocenters. The van der Waals surface area contributed by atoms with E-state index in [1.807, 2.05) is 30.5 Å². The first-order chi connectivity index (χ1) is 12.8. The number of sulfonamides is 1. The van der Waals surface area contributed by atoms with Crippen molar-refractivity contribution >= 4 is 33.2 Å². The van der Waals surface area contributed by atoms with Crippen LogP contribution in [0.1, 0.15) is 26.7 Å². The van der Waals surface area contributed by atoms with Crippen molar-refractivity contribution in [3.8, 4) is 0 Å². The molecule has 2 fully saturated rings. The number of nitro groups is 1. The molecular weight excluding hydrogens is 386 g/mol. The van der Waals surface area contributed by atoms with E-state index in [1.54, 1.807) is 6.07 Å². The van der Waals surface area contributed by atoms with Crippen molar-refractivity contribution in [1.82, 2.24) is 4.31 Å². The normalized spacial score (nSPS) is 25.2. The van der Waals surface area contributed by atoms with Crippen molar-refractivity contribution < 1.29 is 13.3 Å². The third-order valence-electron chi connectivity index (χ3n) is 5.18. The van der Waals surface area contributed by atoms with E-state index in [1.165, 1.54) is 16.4 Å². The van der Waals surface area contributed by atoms with Crippen molar-refractivity contribution in [3.63, 3.8) is 0 Å². The first-order valence-corrected chi connectivity index (χ1v) is 12.0. The third kappa shape index (κ3) is 4.57. The van der Waals surface area contributed by atoms with Crippen molar-refractivity contribution in [2.75, 3.05) is 42.6 Å². The van der Waals surface area contributed by atoms with Gasteiger partial charge >= 0.3 is 0 Å². The van der Waals surface area contributed by atoms with E-state index in [0.29, 0.717) is 18.8 Å². The zero-order chi connectivity index (χ0) is 19.6. The van der Waals surface area contributed by atoms with Crippen molar-refractivity contribution in [3.05, 3.63) is 28.3 Å². The molecule has 2 heterocycles. The van der Waals surface area contributed by atoms with Crippen molar-refractivity contribution in [2.45, 2.75) is 31.6 Å². The second-order valence-corrected chi connectivity index (χ2v) is 10.8. The number of nitrogens with zero attached hydrogens (tertiary/aromatic N) is 3. The van der Waals surface area contributed by atoms with Crippen LogP contribution in [0.25, 0.3) is 0 Å². The highest BCUT2D eigenvalue weighted by molar-refractivity contribution is 7.99. The standard InChI is InChI=1S/C18H27N3O4S2/c1-14-10-15(2)13-20(12-14)27(24,25)16-4-5-17(18(11-16)21(22)23)19-6-3-8-26-9-7-19/h4-5,11,14-15H,3,6-10,12-13H2,1-2H3/t14-,15+.